The second-order valence-electron chi connectivity index (χ2n) is 13.2. The van der Waals surface area contributed by atoms with Gasteiger partial charge in [-0.05, 0) is 80.2 Å². The molecule has 8 rings (SSSR count). The highest BCUT2D eigenvalue weighted by Gasteiger charge is 2.47. The molecule has 5 atom stereocenters. The van der Waals surface area contributed by atoms with Gasteiger partial charge >= 0.3 is 6.01 Å². The molecule has 1 aliphatic carbocycles. The minimum absolute atomic E-state index is 0.0410. The molecule has 6 heterocycles. The summed E-state index contributed by atoms with van der Waals surface area (Å²) in [5, 5.41) is 15.0. The average Bonchev–Trinajstić information content (AvgIpc) is 3.26. The molecule has 4 saturated heterocycles. The lowest BCUT2D eigenvalue weighted by molar-refractivity contribution is 0.108. The normalized spacial score (nSPS) is 30.9. The van der Waals surface area contributed by atoms with Crippen molar-refractivity contribution in [1.29, 1.82) is 0 Å². The monoisotopic (exact) mass is 608 g/mol. The van der Waals surface area contributed by atoms with E-state index in [2.05, 4.69) is 32.0 Å². The molecule has 2 bridgehead atoms. The first-order valence-corrected chi connectivity index (χ1v) is 15.8. The topological polar surface area (TPSA) is 86.6 Å². The number of hydrogen-bond donors (Lipinski definition) is 2. The Morgan fingerprint density at radius 3 is 2.77 bits per heavy atom. The van der Waals surface area contributed by atoms with Gasteiger partial charge in [-0.3, -0.25) is 9.88 Å². The molecule has 8 nitrogen and oxygen atoms in total. The van der Waals surface area contributed by atoms with Crippen molar-refractivity contribution < 1.29 is 18.6 Å². The maximum atomic E-state index is 16.7. The second kappa shape index (κ2) is 10.2. The van der Waals surface area contributed by atoms with Gasteiger partial charge < -0.3 is 20.1 Å². The molecule has 1 aromatic carbocycles. The molecule has 5 aliphatic rings. The molecule has 0 unspecified atom stereocenters. The molecule has 0 radical (unpaired) electrons. The first kappa shape index (κ1) is 27.5. The van der Waals surface area contributed by atoms with E-state index in [1.54, 1.807) is 12.3 Å². The molecule has 226 valence electrons. The van der Waals surface area contributed by atoms with Crippen molar-refractivity contribution in [2.24, 2.45) is 5.92 Å². The Morgan fingerprint density at radius 2 is 2.02 bits per heavy atom. The number of ether oxygens (including phenoxy) is 1. The quantitative estimate of drug-likeness (QED) is 0.367. The van der Waals surface area contributed by atoms with Crippen molar-refractivity contribution in [2.75, 3.05) is 37.7 Å². The van der Waals surface area contributed by atoms with Gasteiger partial charge in [-0.2, -0.15) is 9.97 Å². The number of nitrogens with one attached hydrogen (secondary N) is 1. The van der Waals surface area contributed by atoms with Crippen LogP contribution < -0.4 is 15.0 Å². The minimum Gasteiger partial charge on any atom is -0.508 e. The lowest BCUT2D eigenvalue weighted by Gasteiger charge is -2.34. The fourth-order valence-corrected chi connectivity index (χ4v) is 8.39. The standard InChI is InChI=1S/C32H35ClF2N6O2/c1-17-7-22(17)26-23(8-21(42)9-25(26)33)28-27(35)29-24(12-36-28)30(40-14-19-3-4-20(15-40)37-19)39-31(38-29)43-16-32-5-2-6-41(32)13-18(10-32)11-34/h8-9,11-12,17,19-20,22,37,42H,2-7,10,13-16H2,1H3/b18-11-/t17-,19-,20+,22+,32+/m1/s1. The van der Waals surface area contributed by atoms with Crippen LogP contribution in [-0.2, 0) is 0 Å². The summed E-state index contributed by atoms with van der Waals surface area (Å²) in [6.07, 6.45) is 8.01. The molecule has 2 aromatic heterocycles. The van der Waals surface area contributed by atoms with E-state index in [1.807, 2.05) is 0 Å². The smallest absolute Gasteiger partial charge is 0.319 e. The van der Waals surface area contributed by atoms with Crippen LogP contribution in [0.4, 0.5) is 14.6 Å². The zero-order chi connectivity index (χ0) is 29.5. The Bertz CT molecular complexity index is 1640. The summed E-state index contributed by atoms with van der Waals surface area (Å²) in [5.74, 6) is 0.571. The number of hydrogen-bond acceptors (Lipinski definition) is 8. The number of phenols is 1. The van der Waals surface area contributed by atoms with Gasteiger partial charge in [0.25, 0.3) is 0 Å². The molecule has 43 heavy (non-hydrogen) atoms. The zero-order valence-corrected chi connectivity index (χ0v) is 24.9. The van der Waals surface area contributed by atoms with Gasteiger partial charge in [-0.1, -0.05) is 18.5 Å². The van der Waals surface area contributed by atoms with Crippen molar-refractivity contribution >= 4 is 28.3 Å². The molecule has 4 aliphatic heterocycles. The highest BCUT2D eigenvalue weighted by Crippen LogP contribution is 2.53. The van der Waals surface area contributed by atoms with Crippen molar-refractivity contribution in [3.63, 3.8) is 0 Å². The third-order valence-electron chi connectivity index (χ3n) is 10.3. The summed E-state index contributed by atoms with van der Waals surface area (Å²) in [6, 6.07) is 3.85. The first-order valence-electron chi connectivity index (χ1n) is 15.4. The number of aromatic nitrogens is 3. The van der Waals surface area contributed by atoms with Crippen LogP contribution in [0.25, 0.3) is 22.2 Å². The highest BCUT2D eigenvalue weighted by atomic mass is 35.5. The summed E-state index contributed by atoms with van der Waals surface area (Å²) in [5.41, 5.74) is 1.98. The van der Waals surface area contributed by atoms with Crippen LogP contribution in [-0.4, -0.2) is 75.4 Å². The van der Waals surface area contributed by atoms with Gasteiger partial charge in [0.2, 0.25) is 0 Å². The highest BCUT2D eigenvalue weighted by molar-refractivity contribution is 6.32. The van der Waals surface area contributed by atoms with Crippen LogP contribution in [0.2, 0.25) is 5.02 Å². The largest absolute Gasteiger partial charge is 0.508 e. The number of phenolic OH excluding ortho intramolecular Hbond substituents is 1. The van der Waals surface area contributed by atoms with Crippen LogP contribution in [0.1, 0.15) is 56.9 Å². The number of anilines is 1. The SMILES string of the molecule is C[C@@H]1C[C@@H]1c1c(Cl)cc(O)cc1-c1ncc2c(N3C[C@H]4CC[C@@H](C3)N4)nc(OC[C@@]34CCCN3C/C(=C\F)C4)nc2c1F. The molecular weight excluding hydrogens is 574 g/mol. The summed E-state index contributed by atoms with van der Waals surface area (Å²) in [6.45, 7) is 5.43. The van der Waals surface area contributed by atoms with Crippen molar-refractivity contribution in [2.45, 2.75) is 69.0 Å². The fraction of sp³-hybridized carbons (Fsp3) is 0.531. The van der Waals surface area contributed by atoms with Gasteiger partial charge in [0.15, 0.2) is 5.82 Å². The van der Waals surface area contributed by atoms with Gasteiger partial charge in [-0.15, -0.1) is 0 Å². The molecular formula is C32H35ClF2N6O2. The Kier molecular flexibility index (Phi) is 6.54. The number of nitrogens with zero attached hydrogens (tertiary/aromatic N) is 5. The van der Waals surface area contributed by atoms with Crippen LogP contribution in [0.15, 0.2) is 30.2 Å². The van der Waals surface area contributed by atoms with E-state index in [4.69, 9.17) is 21.3 Å². The second-order valence-corrected chi connectivity index (χ2v) is 13.7. The first-order chi connectivity index (χ1) is 20.8. The number of piperazine rings is 1. The van der Waals surface area contributed by atoms with Crippen molar-refractivity contribution in [3.05, 3.63) is 46.6 Å². The number of aromatic hydroxyl groups is 1. The predicted molar refractivity (Wildman–Crippen MR) is 161 cm³/mol. The van der Waals surface area contributed by atoms with Crippen LogP contribution in [0.5, 0.6) is 11.8 Å². The summed E-state index contributed by atoms with van der Waals surface area (Å²) in [7, 11) is 0. The number of halogens is 3. The Morgan fingerprint density at radius 1 is 1.23 bits per heavy atom. The molecule has 2 N–H and O–H groups in total. The maximum Gasteiger partial charge on any atom is 0.319 e. The Hall–Kier alpha value is -3.08. The molecule has 5 fully saturated rings. The lowest BCUT2D eigenvalue weighted by atomic mass is 9.94. The molecule has 0 spiro atoms. The van der Waals surface area contributed by atoms with E-state index < -0.39 is 5.82 Å². The van der Waals surface area contributed by atoms with Crippen LogP contribution in [0, 0.1) is 11.7 Å². The fourth-order valence-electron chi connectivity index (χ4n) is 8.04. The van der Waals surface area contributed by atoms with E-state index in [9.17, 15) is 9.50 Å². The number of pyridine rings is 1. The summed E-state index contributed by atoms with van der Waals surface area (Å²) in [4.78, 5) is 18.6. The van der Waals surface area contributed by atoms with E-state index in [0.717, 1.165) is 69.2 Å². The van der Waals surface area contributed by atoms with Crippen molar-refractivity contribution in [1.82, 2.24) is 25.2 Å². The van der Waals surface area contributed by atoms with E-state index in [1.165, 1.54) is 6.07 Å². The maximum absolute atomic E-state index is 16.7. The number of fused-ring (bicyclic) bond motifs is 4. The van der Waals surface area contributed by atoms with Crippen LogP contribution in [0.3, 0.4) is 0 Å². The zero-order valence-electron chi connectivity index (χ0n) is 24.1. The van der Waals surface area contributed by atoms with E-state index in [0.29, 0.717) is 59.4 Å². The van der Waals surface area contributed by atoms with Gasteiger partial charge in [0.1, 0.15) is 29.4 Å². The predicted octanol–water partition coefficient (Wildman–Crippen LogP) is 5.72. The van der Waals surface area contributed by atoms with Crippen molar-refractivity contribution in [3.8, 4) is 23.0 Å². The summed E-state index contributed by atoms with van der Waals surface area (Å²) >= 11 is 6.61. The minimum atomic E-state index is -0.593. The van der Waals surface area contributed by atoms with Gasteiger partial charge in [0.05, 0.1) is 17.3 Å². The lowest BCUT2D eigenvalue weighted by Crippen LogP contribution is -2.51. The van der Waals surface area contributed by atoms with Crippen LogP contribution >= 0.6 is 11.6 Å². The molecule has 11 heteroatoms. The van der Waals surface area contributed by atoms with E-state index in [-0.39, 0.29) is 34.4 Å². The number of benzene rings is 1. The molecule has 0 amide bonds. The average molecular weight is 609 g/mol. The molecule has 1 saturated carbocycles. The third-order valence-corrected chi connectivity index (χ3v) is 10.6. The van der Waals surface area contributed by atoms with E-state index >= 15 is 4.39 Å². The van der Waals surface area contributed by atoms with Gasteiger partial charge in [0, 0.05) is 48.5 Å². The third kappa shape index (κ3) is 4.64. The molecule has 3 aromatic rings. The number of rotatable bonds is 6. The summed E-state index contributed by atoms with van der Waals surface area (Å²) < 4.78 is 36.5. The Balaban J connectivity index is 1.23. The van der Waals surface area contributed by atoms with Gasteiger partial charge in [-0.25, -0.2) is 8.78 Å². The Labute approximate surface area is 254 Å².